The van der Waals surface area contributed by atoms with Crippen molar-refractivity contribution in [1.29, 1.82) is 0 Å². The Hall–Kier alpha value is -1.93. The summed E-state index contributed by atoms with van der Waals surface area (Å²) < 4.78 is 5.62. The standard InChI is InChI=1S/C17H18O2/c1-13-8-10-16(11-9-13)17(18)14(2)19-12-15-6-4-3-5-7-15/h3-11,14H,12H2,1-2H3. The van der Waals surface area contributed by atoms with Crippen LogP contribution in [0.25, 0.3) is 0 Å². The summed E-state index contributed by atoms with van der Waals surface area (Å²) in [5.41, 5.74) is 2.92. The van der Waals surface area contributed by atoms with E-state index in [0.717, 1.165) is 11.1 Å². The summed E-state index contributed by atoms with van der Waals surface area (Å²) in [7, 11) is 0. The molecule has 0 N–H and O–H groups in total. The van der Waals surface area contributed by atoms with E-state index >= 15 is 0 Å². The highest BCUT2D eigenvalue weighted by Gasteiger charge is 2.15. The summed E-state index contributed by atoms with van der Waals surface area (Å²) in [5.74, 6) is 0.0240. The lowest BCUT2D eigenvalue weighted by atomic mass is 10.1. The van der Waals surface area contributed by atoms with Gasteiger partial charge in [-0.25, -0.2) is 0 Å². The molecular weight excluding hydrogens is 236 g/mol. The Bertz CT molecular complexity index is 529. The van der Waals surface area contributed by atoms with Gasteiger partial charge in [0.2, 0.25) is 0 Å². The second-order valence-electron chi connectivity index (χ2n) is 4.67. The third kappa shape index (κ3) is 3.76. The molecule has 2 aromatic rings. The molecular formula is C17H18O2. The van der Waals surface area contributed by atoms with Crippen LogP contribution in [0.15, 0.2) is 54.6 Å². The third-order valence-corrected chi connectivity index (χ3v) is 3.05. The van der Waals surface area contributed by atoms with Gasteiger partial charge in [-0.1, -0.05) is 60.2 Å². The van der Waals surface area contributed by atoms with Crippen LogP contribution in [0.4, 0.5) is 0 Å². The van der Waals surface area contributed by atoms with E-state index in [2.05, 4.69) is 0 Å². The topological polar surface area (TPSA) is 26.3 Å². The lowest BCUT2D eigenvalue weighted by Crippen LogP contribution is -2.20. The van der Waals surface area contributed by atoms with Crippen molar-refractivity contribution in [3.8, 4) is 0 Å². The Morgan fingerprint density at radius 2 is 1.68 bits per heavy atom. The zero-order valence-electron chi connectivity index (χ0n) is 11.3. The maximum atomic E-state index is 12.2. The van der Waals surface area contributed by atoms with Crippen LogP contribution in [-0.4, -0.2) is 11.9 Å². The number of carbonyl (C=O) groups excluding carboxylic acids is 1. The van der Waals surface area contributed by atoms with Gasteiger partial charge in [0.15, 0.2) is 5.78 Å². The van der Waals surface area contributed by atoms with Crippen LogP contribution >= 0.6 is 0 Å². The van der Waals surface area contributed by atoms with Crippen LogP contribution < -0.4 is 0 Å². The summed E-state index contributed by atoms with van der Waals surface area (Å²) in [6, 6.07) is 17.4. The van der Waals surface area contributed by atoms with Crippen LogP contribution in [0.2, 0.25) is 0 Å². The first-order valence-corrected chi connectivity index (χ1v) is 6.43. The van der Waals surface area contributed by atoms with Crippen LogP contribution in [0.1, 0.15) is 28.4 Å². The summed E-state index contributed by atoms with van der Waals surface area (Å²) in [5, 5.41) is 0. The number of Topliss-reactive ketones (excluding diaryl/α,β-unsaturated/α-hetero) is 1. The van der Waals surface area contributed by atoms with Gasteiger partial charge < -0.3 is 4.74 Å². The maximum absolute atomic E-state index is 12.2. The molecule has 0 saturated heterocycles. The Morgan fingerprint density at radius 1 is 1.05 bits per heavy atom. The quantitative estimate of drug-likeness (QED) is 0.759. The van der Waals surface area contributed by atoms with Crippen molar-refractivity contribution in [3.63, 3.8) is 0 Å². The van der Waals surface area contributed by atoms with Gasteiger partial charge in [-0.2, -0.15) is 0 Å². The molecule has 0 spiro atoms. The number of ether oxygens (including phenoxy) is 1. The molecule has 0 saturated carbocycles. The van der Waals surface area contributed by atoms with Crippen molar-refractivity contribution in [3.05, 3.63) is 71.3 Å². The molecule has 0 bridgehead atoms. The lowest BCUT2D eigenvalue weighted by Gasteiger charge is -2.12. The van der Waals surface area contributed by atoms with Crippen LogP contribution in [0.5, 0.6) is 0 Å². The SMILES string of the molecule is Cc1ccc(C(=O)C(C)OCc2ccccc2)cc1. The Morgan fingerprint density at radius 3 is 2.32 bits per heavy atom. The molecule has 98 valence electrons. The number of benzene rings is 2. The van der Waals surface area contributed by atoms with Crippen LogP contribution in [-0.2, 0) is 11.3 Å². The molecule has 0 radical (unpaired) electrons. The highest BCUT2D eigenvalue weighted by Crippen LogP contribution is 2.10. The first kappa shape index (κ1) is 13.5. The Balaban J connectivity index is 1.94. The molecule has 0 heterocycles. The molecule has 0 aliphatic heterocycles. The fraction of sp³-hybridized carbons (Fsp3) is 0.235. The van der Waals surface area contributed by atoms with Gasteiger partial charge in [-0.05, 0) is 19.4 Å². The molecule has 2 nitrogen and oxygen atoms in total. The van der Waals surface area contributed by atoms with E-state index in [1.165, 1.54) is 0 Å². The predicted molar refractivity (Wildman–Crippen MR) is 76.2 cm³/mol. The molecule has 2 aromatic carbocycles. The van der Waals surface area contributed by atoms with Crippen LogP contribution in [0, 0.1) is 6.92 Å². The van der Waals surface area contributed by atoms with Gasteiger partial charge in [0, 0.05) is 5.56 Å². The lowest BCUT2D eigenvalue weighted by molar-refractivity contribution is 0.0412. The van der Waals surface area contributed by atoms with E-state index < -0.39 is 6.10 Å². The minimum Gasteiger partial charge on any atom is -0.366 e. The van der Waals surface area contributed by atoms with Crippen LogP contribution in [0.3, 0.4) is 0 Å². The van der Waals surface area contributed by atoms with E-state index in [-0.39, 0.29) is 5.78 Å². The van der Waals surface area contributed by atoms with Crippen molar-refractivity contribution >= 4 is 5.78 Å². The van der Waals surface area contributed by atoms with Crippen molar-refractivity contribution in [1.82, 2.24) is 0 Å². The van der Waals surface area contributed by atoms with Gasteiger partial charge in [0.05, 0.1) is 6.61 Å². The molecule has 0 amide bonds. The molecule has 19 heavy (non-hydrogen) atoms. The summed E-state index contributed by atoms with van der Waals surface area (Å²) in [6.45, 7) is 4.26. The number of rotatable bonds is 5. The zero-order valence-corrected chi connectivity index (χ0v) is 11.3. The van der Waals surface area contributed by atoms with E-state index in [1.54, 1.807) is 6.92 Å². The van der Waals surface area contributed by atoms with Gasteiger partial charge in [-0.15, -0.1) is 0 Å². The number of hydrogen-bond donors (Lipinski definition) is 0. The highest BCUT2D eigenvalue weighted by atomic mass is 16.5. The number of carbonyl (C=O) groups is 1. The fourth-order valence-corrected chi connectivity index (χ4v) is 1.82. The maximum Gasteiger partial charge on any atom is 0.191 e. The Labute approximate surface area is 114 Å². The first-order valence-electron chi connectivity index (χ1n) is 6.43. The molecule has 0 fully saturated rings. The van der Waals surface area contributed by atoms with Gasteiger partial charge >= 0.3 is 0 Å². The average Bonchev–Trinajstić information content (AvgIpc) is 2.46. The largest absolute Gasteiger partial charge is 0.366 e. The molecule has 1 atom stereocenters. The molecule has 0 aliphatic rings. The smallest absolute Gasteiger partial charge is 0.191 e. The monoisotopic (exact) mass is 254 g/mol. The van der Waals surface area contributed by atoms with Crippen molar-refractivity contribution < 1.29 is 9.53 Å². The van der Waals surface area contributed by atoms with E-state index in [0.29, 0.717) is 12.2 Å². The second-order valence-corrected chi connectivity index (χ2v) is 4.67. The van der Waals surface area contributed by atoms with Crippen molar-refractivity contribution in [2.45, 2.75) is 26.6 Å². The molecule has 1 unspecified atom stereocenters. The van der Waals surface area contributed by atoms with Gasteiger partial charge in [-0.3, -0.25) is 4.79 Å². The summed E-state index contributed by atoms with van der Waals surface area (Å²) in [4.78, 5) is 12.2. The Kier molecular flexibility index (Phi) is 4.48. The van der Waals surface area contributed by atoms with Crippen molar-refractivity contribution in [2.24, 2.45) is 0 Å². The first-order chi connectivity index (χ1) is 9.16. The van der Waals surface area contributed by atoms with Gasteiger partial charge in [0.1, 0.15) is 6.10 Å². The molecule has 2 rings (SSSR count). The zero-order chi connectivity index (χ0) is 13.7. The molecule has 0 aromatic heterocycles. The summed E-state index contributed by atoms with van der Waals surface area (Å²) >= 11 is 0. The molecule has 0 aliphatic carbocycles. The number of ketones is 1. The van der Waals surface area contributed by atoms with Crippen molar-refractivity contribution in [2.75, 3.05) is 0 Å². The second kappa shape index (κ2) is 6.30. The van der Waals surface area contributed by atoms with E-state index in [4.69, 9.17) is 4.74 Å². The normalized spacial score (nSPS) is 12.1. The fourth-order valence-electron chi connectivity index (χ4n) is 1.82. The average molecular weight is 254 g/mol. The highest BCUT2D eigenvalue weighted by molar-refractivity contribution is 5.99. The predicted octanol–water partition coefficient (Wildman–Crippen LogP) is 3.78. The minimum absolute atomic E-state index is 0.0240. The number of hydrogen-bond acceptors (Lipinski definition) is 2. The molecule has 2 heteroatoms. The van der Waals surface area contributed by atoms with Gasteiger partial charge in [0.25, 0.3) is 0 Å². The minimum atomic E-state index is -0.428. The number of aryl methyl sites for hydroxylation is 1. The summed E-state index contributed by atoms with van der Waals surface area (Å²) in [6.07, 6.45) is -0.428. The third-order valence-electron chi connectivity index (χ3n) is 3.05. The van der Waals surface area contributed by atoms with E-state index in [9.17, 15) is 4.79 Å². The van der Waals surface area contributed by atoms with E-state index in [1.807, 2.05) is 61.5 Å².